The summed E-state index contributed by atoms with van der Waals surface area (Å²) in [6.07, 6.45) is 0. The third kappa shape index (κ3) is 2.60. The highest BCUT2D eigenvalue weighted by Crippen LogP contribution is 2.25. The minimum atomic E-state index is -0.393. The van der Waals surface area contributed by atoms with Crippen LogP contribution in [0.25, 0.3) is 22.9 Å². The van der Waals surface area contributed by atoms with Crippen LogP contribution in [0.2, 0.25) is 0 Å². The van der Waals surface area contributed by atoms with Gasteiger partial charge < -0.3 is 4.74 Å². The molecule has 0 aliphatic heterocycles. The molecule has 1 N–H and O–H groups in total. The normalized spacial score (nSPS) is 10.6. The highest BCUT2D eigenvalue weighted by molar-refractivity contribution is 5.61. The Labute approximate surface area is 120 Å². The summed E-state index contributed by atoms with van der Waals surface area (Å²) in [7, 11) is 1.53. The zero-order valence-corrected chi connectivity index (χ0v) is 11.6. The zero-order chi connectivity index (χ0) is 14.8. The molecule has 2 heterocycles. The van der Waals surface area contributed by atoms with Gasteiger partial charge in [-0.05, 0) is 37.3 Å². The summed E-state index contributed by atoms with van der Waals surface area (Å²) in [6, 6.07) is 10.0. The number of aromatic nitrogens is 4. The van der Waals surface area contributed by atoms with Crippen molar-refractivity contribution in [3.05, 3.63) is 47.9 Å². The number of hydrogen-bond donors (Lipinski definition) is 1. The van der Waals surface area contributed by atoms with Crippen molar-refractivity contribution in [3.8, 4) is 28.7 Å². The molecule has 106 valence electrons. The van der Waals surface area contributed by atoms with Crippen molar-refractivity contribution in [2.24, 2.45) is 0 Å². The highest BCUT2D eigenvalue weighted by atomic mass is 19.1. The Kier molecular flexibility index (Phi) is 3.35. The molecule has 0 bridgehead atoms. The molecule has 0 radical (unpaired) electrons. The average Bonchev–Trinajstić information content (AvgIpc) is 2.97. The number of rotatable bonds is 3. The fourth-order valence-electron chi connectivity index (χ4n) is 1.98. The molecule has 0 aliphatic rings. The number of H-pyrrole nitrogens is 1. The highest BCUT2D eigenvalue weighted by Gasteiger charge is 2.13. The number of hydrogen-bond acceptors (Lipinski definition) is 4. The molecule has 0 saturated heterocycles. The number of halogens is 1. The van der Waals surface area contributed by atoms with E-state index >= 15 is 0 Å². The van der Waals surface area contributed by atoms with Crippen molar-refractivity contribution in [1.82, 2.24) is 20.2 Å². The van der Waals surface area contributed by atoms with Gasteiger partial charge in [-0.1, -0.05) is 6.07 Å². The van der Waals surface area contributed by atoms with Crippen LogP contribution in [0.3, 0.4) is 0 Å². The number of aromatic amines is 1. The molecular formula is C15H13FN4O. The van der Waals surface area contributed by atoms with Crippen LogP contribution in [0.5, 0.6) is 5.75 Å². The molecule has 21 heavy (non-hydrogen) atoms. The van der Waals surface area contributed by atoms with E-state index < -0.39 is 5.82 Å². The van der Waals surface area contributed by atoms with Crippen molar-refractivity contribution < 1.29 is 9.13 Å². The SMILES string of the molecule is COc1ccc(F)c(-c2nc(-c3cccc(C)n3)n[nH]2)c1. The van der Waals surface area contributed by atoms with Crippen molar-refractivity contribution in [1.29, 1.82) is 0 Å². The van der Waals surface area contributed by atoms with Crippen molar-refractivity contribution in [3.63, 3.8) is 0 Å². The lowest BCUT2D eigenvalue weighted by molar-refractivity contribution is 0.414. The van der Waals surface area contributed by atoms with E-state index in [9.17, 15) is 4.39 Å². The molecule has 5 nitrogen and oxygen atoms in total. The number of aryl methyl sites for hydroxylation is 1. The van der Waals surface area contributed by atoms with Gasteiger partial charge in [-0.25, -0.2) is 14.4 Å². The second kappa shape index (κ2) is 5.32. The van der Waals surface area contributed by atoms with Gasteiger partial charge in [0.2, 0.25) is 0 Å². The van der Waals surface area contributed by atoms with E-state index in [-0.39, 0.29) is 0 Å². The quantitative estimate of drug-likeness (QED) is 0.803. The number of benzene rings is 1. The molecule has 0 saturated carbocycles. The molecular weight excluding hydrogens is 271 g/mol. The zero-order valence-electron chi connectivity index (χ0n) is 11.6. The van der Waals surface area contributed by atoms with Crippen LogP contribution in [0.15, 0.2) is 36.4 Å². The topological polar surface area (TPSA) is 63.7 Å². The van der Waals surface area contributed by atoms with E-state index in [1.165, 1.54) is 13.2 Å². The van der Waals surface area contributed by atoms with E-state index in [1.54, 1.807) is 12.1 Å². The number of ether oxygens (including phenoxy) is 1. The Morgan fingerprint density at radius 3 is 2.76 bits per heavy atom. The van der Waals surface area contributed by atoms with Gasteiger partial charge in [0, 0.05) is 5.69 Å². The molecule has 6 heteroatoms. The van der Waals surface area contributed by atoms with Crippen LogP contribution in [0.1, 0.15) is 5.69 Å². The number of pyridine rings is 1. The van der Waals surface area contributed by atoms with E-state index in [2.05, 4.69) is 20.2 Å². The fourth-order valence-corrected chi connectivity index (χ4v) is 1.98. The van der Waals surface area contributed by atoms with Crippen LogP contribution in [0.4, 0.5) is 4.39 Å². The number of methoxy groups -OCH3 is 1. The second-order valence-corrected chi connectivity index (χ2v) is 4.52. The Bertz CT molecular complexity index is 785. The number of nitrogens with zero attached hydrogens (tertiary/aromatic N) is 3. The predicted octanol–water partition coefficient (Wildman–Crippen LogP) is 2.99. The molecule has 0 spiro atoms. The lowest BCUT2D eigenvalue weighted by Gasteiger charge is -2.02. The molecule has 0 unspecified atom stereocenters. The molecule has 3 aromatic rings. The summed E-state index contributed by atoms with van der Waals surface area (Å²) in [5.41, 5.74) is 1.81. The minimum Gasteiger partial charge on any atom is -0.497 e. The Morgan fingerprint density at radius 1 is 1.14 bits per heavy atom. The standard InChI is InChI=1S/C15H13FN4O/c1-9-4-3-5-13(17-9)15-18-14(19-20-15)11-8-10(21-2)6-7-12(11)16/h3-8H,1-2H3,(H,18,19,20). The van der Waals surface area contributed by atoms with Gasteiger partial charge in [-0.2, -0.15) is 5.10 Å². The van der Waals surface area contributed by atoms with Gasteiger partial charge >= 0.3 is 0 Å². The van der Waals surface area contributed by atoms with Crippen LogP contribution in [-0.2, 0) is 0 Å². The van der Waals surface area contributed by atoms with Gasteiger partial charge in [0.25, 0.3) is 0 Å². The van der Waals surface area contributed by atoms with E-state index in [0.29, 0.717) is 28.7 Å². The van der Waals surface area contributed by atoms with Gasteiger partial charge in [0.1, 0.15) is 17.3 Å². The summed E-state index contributed by atoms with van der Waals surface area (Å²) >= 11 is 0. The first-order valence-electron chi connectivity index (χ1n) is 6.38. The van der Waals surface area contributed by atoms with Gasteiger partial charge in [-0.15, -0.1) is 0 Å². The predicted molar refractivity (Wildman–Crippen MR) is 76.3 cm³/mol. The second-order valence-electron chi connectivity index (χ2n) is 4.52. The van der Waals surface area contributed by atoms with E-state index in [0.717, 1.165) is 5.69 Å². The van der Waals surface area contributed by atoms with Gasteiger partial charge in [0.05, 0.1) is 12.7 Å². The summed E-state index contributed by atoms with van der Waals surface area (Å²) in [5, 5.41) is 6.83. The Morgan fingerprint density at radius 2 is 2.00 bits per heavy atom. The first-order valence-corrected chi connectivity index (χ1v) is 6.38. The number of nitrogens with one attached hydrogen (secondary N) is 1. The van der Waals surface area contributed by atoms with Crippen molar-refractivity contribution in [2.45, 2.75) is 6.92 Å². The Hall–Kier alpha value is -2.76. The minimum absolute atomic E-state index is 0.306. The van der Waals surface area contributed by atoms with E-state index in [1.807, 2.05) is 25.1 Å². The van der Waals surface area contributed by atoms with Crippen LogP contribution >= 0.6 is 0 Å². The van der Waals surface area contributed by atoms with Crippen molar-refractivity contribution in [2.75, 3.05) is 7.11 Å². The fraction of sp³-hybridized carbons (Fsp3) is 0.133. The maximum absolute atomic E-state index is 13.9. The lowest BCUT2D eigenvalue weighted by atomic mass is 10.2. The monoisotopic (exact) mass is 284 g/mol. The lowest BCUT2D eigenvalue weighted by Crippen LogP contribution is -1.90. The largest absolute Gasteiger partial charge is 0.497 e. The summed E-state index contributed by atoms with van der Waals surface area (Å²) in [6.45, 7) is 1.89. The molecule has 0 fully saturated rings. The summed E-state index contributed by atoms with van der Waals surface area (Å²) in [4.78, 5) is 8.65. The molecule has 0 amide bonds. The summed E-state index contributed by atoms with van der Waals surface area (Å²) in [5.74, 6) is 0.925. The molecule has 0 aliphatic carbocycles. The van der Waals surface area contributed by atoms with E-state index in [4.69, 9.17) is 4.74 Å². The molecule has 0 atom stereocenters. The molecule has 1 aromatic carbocycles. The smallest absolute Gasteiger partial charge is 0.200 e. The first kappa shape index (κ1) is 13.2. The van der Waals surface area contributed by atoms with Crippen LogP contribution in [-0.4, -0.2) is 27.3 Å². The van der Waals surface area contributed by atoms with Crippen molar-refractivity contribution >= 4 is 0 Å². The summed E-state index contributed by atoms with van der Waals surface area (Å²) < 4.78 is 19.0. The molecule has 3 rings (SSSR count). The van der Waals surface area contributed by atoms with Gasteiger partial charge in [0.15, 0.2) is 11.6 Å². The van der Waals surface area contributed by atoms with Crippen LogP contribution < -0.4 is 4.74 Å². The average molecular weight is 284 g/mol. The molecule has 2 aromatic heterocycles. The first-order chi connectivity index (χ1) is 10.2. The third-order valence-corrected chi connectivity index (χ3v) is 3.03. The maximum Gasteiger partial charge on any atom is 0.200 e. The third-order valence-electron chi connectivity index (χ3n) is 3.03. The maximum atomic E-state index is 13.9. The van der Waals surface area contributed by atoms with Crippen LogP contribution in [0, 0.1) is 12.7 Å². The Balaban J connectivity index is 2.02. The van der Waals surface area contributed by atoms with Gasteiger partial charge in [-0.3, -0.25) is 5.10 Å².